The van der Waals surface area contributed by atoms with E-state index >= 15 is 0 Å². The van der Waals surface area contributed by atoms with Crippen LogP contribution in [-0.4, -0.2) is 48.9 Å². The minimum absolute atomic E-state index is 0.101. The van der Waals surface area contributed by atoms with E-state index in [0.29, 0.717) is 50.9 Å². The number of ether oxygens (including phenoxy) is 2. The molecule has 2 amide bonds. The summed E-state index contributed by atoms with van der Waals surface area (Å²) in [6, 6.07) is 26.0. The minimum atomic E-state index is -0.789. The highest BCUT2D eigenvalue weighted by Gasteiger charge is 2.27. The maximum atomic E-state index is 12.9. The van der Waals surface area contributed by atoms with E-state index in [2.05, 4.69) is 11.4 Å². The highest BCUT2D eigenvalue weighted by Crippen LogP contribution is 2.22. The van der Waals surface area contributed by atoms with Gasteiger partial charge in [-0.05, 0) is 66.1 Å². The van der Waals surface area contributed by atoms with E-state index in [0.717, 1.165) is 35.3 Å². The SMILES string of the molecule is COC(=O)[C@H](Cc1ccc(OCc2ccccc2)cc1)NC(=O)CC1CCN(C(=O)CCc2ccc(C#N)cc2)CC1. The summed E-state index contributed by atoms with van der Waals surface area (Å²) in [6.07, 6.45) is 3.13. The average Bonchev–Trinajstić information content (AvgIpc) is 3.03. The lowest BCUT2D eigenvalue weighted by atomic mass is 9.92. The van der Waals surface area contributed by atoms with Crippen LogP contribution in [0.5, 0.6) is 5.75 Å². The molecule has 0 aliphatic carbocycles. The molecule has 1 atom stereocenters. The quantitative estimate of drug-likeness (QED) is 0.321. The van der Waals surface area contributed by atoms with Gasteiger partial charge >= 0.3 is 5.97 Å². The number of likely N-dealkylation sites (tertiary alicyclic amines) is 1. The molecule has 42 heavy (non-hydrogen) atoms. The van der Waals surface area contributed by atoms with Crippen LogP contribution < -0.4 is 10.1 Å². The fraction of sp³-hybridized carbons (Fsp3) is 0.353. The van der Waals surface area contributed by atoms with Crippen molar-refractivity contribution in [2.45, 2.75) is 51.2 Å². The van der Waals surface area contributed by atoms with Crippen molar-refractivity contribution in [3.05, 3.63) is 101 Å². The second-order valence-corrected chi connectivity index (χ2v) is 10.6. The number of piperidine rings is 1. The van der Waals surface area contributed by atoms with Crippen molar-refractivity contribution >= 4 is 17.8 Å². The van der Waals surface area contributed by atoms with Gasteiger partial charge in [-0.2, -0.15) is 5.26 Å². The largest absolute Gasteiger partial charge is 0.489 e. The zero-order chi connectivity index (χ0) is 29.7. The molecule has 8 nitrogen and oxygen atoms in total. The molecule has 4 rings (SSSR count). The second-order valence-electron chi connectivity index (χ2n) is 10.6. The van der Waals surface area contributed by atoms with Gasteiger partial charge in [0.25, 0.3) is 0 Å². The Morgan fingerprint density at radius 3 is 2.24 bits per heavy atom. The summed E-state index contributed by atoms with van der Waals surface area (Å²) in [4.78, 5) is 39.9. The van der Waals surface area contributed by atoms with Crippen molar-refractivity contribution in [3.8, 4) is 11.8 Å². The van der Waals surface area contributed by atoms with Gasteiger partial charge in [-0.3, -0.25) is 9.59 Å². The molecule has 0 unspecified atom stereocenters. The number of carbonyl (C=O) groups is 3. The van der Waals surface area contributed by atoms with E-state index in [4.69, 9.17) is 14.7 Å². The minimum Gasteiger partial charge on any atom is -0.489 e. The summed E-state index contributed by atoms with van der Waals surface area (Å²) in [5.74, 6) is 0.283. The van der Waals surface area contributed by atoms with Gasteiger partial charge in [-0.25, -0.2) is 4.79 Å². The molecule has 0 aromatic heterocycles. The van der Waals surface area contributed by atoms with Crippen molar-refractivity contribution in [2.24, 2.45) is 5.92 Å². The maximum Gasteiger partial charge on any atom is 0.328 e. The first-order valence-electron chi connectivity index (χ1n) is 14.3. The zero-order valence-corrected chi connectivity index (χ0v) is 24.0. The first-order chi connectivity index (χ1) is 20.4. The number of hydrogen-bond donors (Lipinski definition) is 1. The summed E-state index contributed by atoms with van der Waals surface area (Å²) in [6.45, 7) is 1.69. The molecule has 0 saturated carbocycles. The molecule has 1 heterocycles. The van der Waals surface area contributed by atoms with Gasteiger partial charge < -0.3 is 19.7 Å². The fourth-order valence-electron chi connectivity index (χ4n) is 5.09. The number of nitrogens with one attached hydrogen (secondary N) is 1. The number of nitrogens with zero attached hydrogens (tertiary/aromatic N) is 2. The van der Waals surface area contributed by atoms with Crippen LogP contribution in [0.25, 0.3) is 0 Å². The van der Waals surface area contributed by atoms with E-state index in [9.17, 15) is 14.4 Å². The summed E-state index contributed by atoms with van der Waals surface area (Å²) < 4.78 is 10.8. The standard InChI is InChI=1S/C34H37N3O5/c1-41-34(40)31(21-26-11-14-30(15-12-26)42-24-29-5-3-2-4-6-29)36-32(38)22-27-17-19-37(20-18-27)33(39)16-13-25-7-9-28(23-35)10-8-25/h2-12,14-15,27,31H,13,16-22,24H2,1H3,(H,36,38)/t31-/m0/s1. The number of rotatable bonds is 12. The molecule has 1 aliphatic heterocycles. The number of aryl methyl sites for hydroxylation is 1. The number of benzene rings is 3. The Morgan fingerprint density at radius 2 is 1.60 bits per heavy atom. The normalized spacial score (nSPS) is 14.0. The number of hydrogen-bond acceptors (Lipinski definition) is 6. The van der Waals surface area contributed by atoms with E-state index in [1.807, 2.05) is 71.6 Å². The number of methoxy groups -OCH3 is 1. The van der Waals surface area contributed by atoms with Crippen molar-refractivity contribution in [1.82, 2.24) is 10.2 Å². The van der Waals surface area contributed by atoms with Crippen LogP contribution in [0.3, 0.4) is 0 Å². The van der Waals surface area contributed by atoms with Gasteiger partial charge in [0.1, 0.15) is 18.4 Å². The van der Waals surface area contributed by atoms with E-state index in [-0.39, 0.29) is 17.7 Å². The lowest BCUT2D eigenvalue weighted by Gasteiger charge is -2.32. The molecule has 0 radical (unpaired) electrons. The molecule has 1 N–H and O–H groups in total. The van der Waals surface area contributed by atoms with Gasteiger partial charge in [-0.15, -0.1) is 0 Å². The van der Waals surface area contributed by atoms with Gasteiger partial charge in [0.05, 0.1) is 18.7 Å². The fourth-order valence-corrected chi connectivity index (χ4v) is 5.09. The molecule has 218 valence electrons. The zero-order valence-electron chi connectivity index (χ0n) is 24.0. The third kappa shape index (κ3) is 9.20. The molecule has 3 aromatic rings. The number of amides is 2. The lowest BCUT2D eigenvalue weighted by Crippen LogP contribution is -2.44. The lowest BCUT2D eigenvalue weighted by molar-refractivity contribution is -0.145. The topological polar surface area (TPSA) is 109 Å². The van der Waals surface area contributed by atoms with Crippen molar-refractivity contribution in [1.29, 1.82) is 5.26 Å². The molecule has 1 fully saturated rings. The molecular formula is C34H37N3O5. The van der Waals surface area contributed by atoms with Crippen LogP contribution in [0.1, 0.15) is 47.9 Å². The van der Waals surface area contributed by atoms with Crippen LogP contribution >= 0.6 is 0 Å². The molecule has 0 bridgehead atoms. The highest BCUT2D eigenvalue weighted by atomic mass is 16.5. The Balaban J connectivity index is 1.20. The van der Waals surface area contributed by atoms with Crippen molar-refractivity contribution in [3.63, 3.8) is 0 Å². The summed E-state index contributed by atoms with van der Waals surface area (Å²) in [5, 5.41) is 11.8. The Hall–Kier alpha value is -4.64. The third-order valence-corrected chi connectivity index (χ3v) is 7.58. The van der Waals surface area contributed by atoms with Crippen molar-refractivity contribution < 1.29 is 23.9 Å². The van der Waals surface area contributed by atoms with Gasteiger partial charge in [0.2, 0.25) is 11.8 Å². The molecule has 8 heteroatoms. The Kier molecular flexibility index (Phi) is 11.1. The predicted octanol–water partition coefficient (Wildman–Crippen LogP) is 4.60. The first-order valence-corrected chi connectivity index (χ1v) is 14.3. The number of esters is 1. The van der Waals surface area contributed by atoms with Crippen LogP contribution in [-0.2, 0) is 38.6 Å². The average molecular weight is 568 g/mol. The summed E-state index contributed by atoms with van der Waals surface area (Å²) in [5.41, 5.74) is 3.59. The van der Waals surface area contributed by atoms with Crippen LogP contribution in [0.2, 0.25) is 0 Å². The number of carbonyl (C=O) groups excluding carboxylic acids is 3. The summed E-state index contributed by atoms with van der Waals surface area (Å²) in [7, 11) is 1.32. The molecule has 3 aromatic carbocycles. The van der Waals surface area contributed by atoms with Crippen LogP contribution in [0, 0.1) is 17.2 Å². The maximum absolute atomic E-state index is 12.9. The smallest absolute Gasteiger partial charge is 0.328 e. The first kappa shape index (κ1) is 30.3. The monoisotopic (exact) mass is 567 g/mol. The van der Waals surface area contributed by atoms with E-state index in [1.54, 1.807) is 12.1 Å². The van der Waals surface area contributed by atoms with Crippen LogP contribution in [0.15, 0.2) is 78.9 Å². The molecule has 0 spiro atoms. The van der Waals surface area contributed by atoms with Crippen molar-refractivity contribution in [2.75, 3.05) is 20.2 Å². The van der Waals surface area contributed by atoms with E-state index < -0.39 is 12.0 Å². The van der Waals surface area contributed by atoms with E-state index in [1.165, 1.54) is 7.11 Å². The highest BCUT2D eigenvalue weighted by molar-refractivity contribution is 5.84. The molecule has 1 saturated heterocycles. The van der Waals surface area contributed by atoms with Crippen LogP contribution in [0.4, 0.5) is 0 Å². The van der Waals surface area contributed by atoms with Gasteiger partial charge in [0, 0.05) is 32.4 Å². The molecule has 1 aliphatic rings. The summed E-state index contributed by atoms with van der Waals surface area (Å²) >= 11 is 0. The Morgan fingerprint density at radius 1 is 0.929 bits per heavy atom. The Bertz CT molecular complexity index is 1360. The second kappa shape index (κ2) is 15.4. The Labute approximate surface area is 247 Å². The van der Waals surface area contributed by atoms with Gasteiger partial charge in [-0.1, -0.05) is 54.6 Å². The predicted molar refractivity (Wildman–Crippen MR) is 158 cm³/mol. The third-order valence-electron chi connectivity index (χ3n) is 7.58. The molecular weight excluding hydrogens is 530 g/mol. The number of nitriles is 1. The van der Waals surface area contributed by atoms with Gasteiger partial charge in [0.15, 0.2) is 0 Å².